The molecule has 0 fully saturated rings. The van der Waals surface area contributed by atoms with Gasteiger partial charge in [0.2, 0.25) is 0 Å². The van der Waals surface area contributed by atoms with E-state index in [1.165, 1.54) is 6.21 Å². The zero-order chi connectivity index (χ0) is 14.1. The largest absolute Gasteiger partial charge is 0.288 e. The van der Waals surface area contributed by atoms with Gasteiger partial charge in [0.05, 0.1) is 17.2 Å². The summed E-state index contributed by atoms with van der Waals surface area (Å²) in [4.78, 5) is 4.27. The minimum atomic E-state index is -3.26. The van der Waals surface area contributed by atoms with E-state index in [9.17, 15) is 8.42 Å². The van der Waals surface area contributed by atoms with Crippen molar-refractivity contribution in [3.8, 4) is 0 Å². The minimum absolute atomic E-state index is 0.0217. The molecule has 0 amide bonds. The Bertz CT molecular complexity index is 634. The fraction of sp³-hybridized carbons (Fsp3) is 0.400. The van der Waals surface area contributed by atoms with Crippen molar-refractivity contribution in [1.29, 1.82) is 0 Å². The van der Waals surface area contributed by atoms with Crippen LogP contribution >= 0.6 is 0 Å². The van der Waals surface area contributed by atoms with Crippen LogP contribution in [0.4, 0.5) is 0 Å². The molecule has 0 aliphatic carbocycles. The van der Waals surface area contributed by atoms with Crippen molar-refractivity contribution in [2.45, 2.75) is 31.9 Å². The maximum atomic E-state index is 12.2. The van der Waals surface area contributed by atoms with Crippen molar-refractivity contribution in [1.82, 2.24) is 0 Å². The molecule has 1 aromatic carbocycles. The summed E-state index contributed by atoms with van der Waals surface area (Å²) in [6.07, 6.45) is 3.10. The SMILES string of the molecule is CC(C)(C)c1cccc(CS(=O)(=O)C2=CCN=C2)c1. The van der Waals surface area contributed by atoms with Crippen LogP contribution < -0.4 is 0 Å². The minimum Gasteiger partial charge on any atom is -0.288 e. The topological polar surface area (TPSA) is 46.5 Å². The van der Waals surface area contributed by atoms with Gasteiger partial charge in [-0.15, -0.1) is 0 Å². The van der Waals surface area contributed by atoms with Crippen LogP contribution in [-0.4, -0.2) is 21.2 Å². The van der Waals surface area contributed by atoms with Crippen LogP contribution in [0.1, 0.15) is 31.9 Å². The second kappa shape index (κ2) is 4.93. The summed E-state index contributed by atoms with van der Waals surface area (Å²) in [5, 5.41) is 0. The Labute approximate surface area is 115 Å². The summed E-state index contributed by atoms with van der Waals surface area (Å²) in [6, 6.07) is 7.79. The van der Waals surface area contributed by atoms with E-state index in [4.69, 9.17) is 0 Å². The van der Waals surface area contributed by atoms with E-state index in [1.54, 1.807) is 6.08 Å². The van der Waals surface area contributed by atoms with Crippen LogP contribution in [0.3, 0.4) is 0 Å². The lowest BCUT2D eigenvalue weighted by Crippen LogP contribution is -2.12. The van der Waals surface area contributed by atoms with Gasteiger partial charge in [-0.2, -0.15) is 0 Å². The highest BCUT2D eigenvalue weighted by molar-refractivity contribution is 7.95. The van der Waals surface area contributed by atoms with Crippen molar-refractivity contribution in [2.75, 3.05) is 6.54 Å². The molecule has 0 radical (unpaired) electrons. The average molecular weight is 277 g/mol. The van der Waals surface area contributed by atoms with Crippen molar-refractivity contribution in [3.05, 3.63) is 46.4 Å². The second-order valence-electron chi connectivity index (χ2n) is 5.81. The third-order valence-electron chi connectivity index (χ3n) is 3.13. The molecule has 1 aliphatic heterocycles. The first-order chi connectivity index (χ1) is 8.79. The molecule has 102 valence electrons. The Morgan fingerprint density at radius 2 is 2.00 bits per heavy atom. The van der Waals surface area contributed by atoms with Gasteiger partial charge in [-0.05, 0) is 22.6 Å². The van der Waals surface area contributed by atoms with Gasteiger partial charge in [0.15, 0.2) is 9.84 Å². The van der Waals surface area contributed by atoms with E-state index in [2.05, 4.69) is 25.8 Å². The summed E-state index contributed by atoms with van der Waals surface area (Å²) < 4.78 is 24.4. The number of nitrogens with zero attached hydrogens (tertiary/aromatic N) is 1. The van der Waals surface area contributed by atoms with Gasteiger partial charge in [-0.1, -0.05) is 45.0 Å². The standard InChI is InChI=1S/C15H19NO2S/c1-15(2,3)13-6-4-5-12(9-13)11-19(17,18)14-7-8-16-10-14/h4-7,9-10H,8,11H2,1-3H3. The predicted molar refractivity (Wildman–Crippen MR) is 79.2 cm³/mol. The van der Waals surface area contributed by atoms with Crippen LogP contribution in [0, 0.1) is 0 Å². The van der Waals surface area contributed by atoms with E-state index >= 15 is 0 Å². The average Bonchev–Trinajstić information content (AvgIpc) is 2.81. The Hall–Kier alpha value is -1.42. The first-order valence-electron chi connectivity index (χ1n) is 6.31. The molecule has 0 atom stereocenters. The highest BCUT2D eigenvalue weighted by atomic mass is 32.2. The number of rotatable bonds is 3. The molecule has 0 saturated carbocycles. The molecule has 0 saturated heterocycles. The normalized spacial score (nSPS) is 15.6. The van der Waals surface area contributed by atoms with Crippen LogP contribution in [0.5, 0.6) is 0 Å². The predicted octanol–water partition coefficient (Wildman–Crippen LogP) is 2.87. The number of aliphatic imine (C=N–C) groups is 1. The van der Waals surface area contributed by atoms with E-state index < -0.39 is 9.84 Å². The molecule has 0 aromatic heterocycles. The maximum Gasteiger partial charge on any atom is 0.183 e. The fourth-order valence-corrected chi connectivity index (χ4v) is 3.32. The zero-order valence-corrected chi connectivity index (χ0v) is 12.4. The summed E-state index contributed by atoms with van der Waals surface area (Å²) in [5.41, 5.74) is 2.00. The fourth-order valence-electron chi connectivity index (χ4n) is 1.98. The van der Waals surface area contributed by atoms with Gasteiger partial charge < -0.3 is 0 Å². The van der Waals surface area contributed by atoms with Gasteiger partial charge >= 0.3 is 0 Å². The molecule has 0 unspecified atom stereocenters. The Morgan fingerprint density at radius 1 is 1.26 bits per heavy atom. The first kappa shape index (κ1) is 14.0. The number of sulfone groups is 1. The highest BCUT2D eigenvalue weighted by Gasteiger charge is 2.20. The third kappa shape index (κ3) is 3.32. The highest BCUT2D eigenvalue weighted by Crippen LogP contribution is 2.24. The summed E-state index contributed by atoms with van der Waals surface area (Å²) in [6.45, 7) is 6.82. The van der Waals surface area contributed by atoms with Gasteiger partial charge in [0, 0.05) is 6.21 Å². The molecule has 4 heteroatoms. The number of benzene rings is 1. The molecular weight excluding hydrogens is 258 g/mol. The van der Waals surface area contributed by atoms with Gasteiger partial charge in [0.25, 0.3) is 0 Å². The maximum absolute atomic E-state index is 12.2. The second-order valence-corrected chi connectivity index (χ2v) is 7.80. The Morgan fingerprint density at radius 3 is 2.58 bits per heavy atom. The Kier molecular flexibility index (Phi) is 3.63. The number of hydrogen-bond acceptors (Lipinski definition) is 3. The van der Waals surface area contributed by atoms with Crippen LogP contribution in [0.15, 0.2) is 40.2 Å². The molecule has 0 spiro atoms. The van der Waals surface area contributed by atoms with Gasteiger partial charge in [-0.25, -0.2) is 8.42 Å². The first-order valence-corrected chi connectivity index (χ1v) is 7.96. The lowest BCUT2D eigenvalue weighted by atomic mass is 9.86. The smallest absolute Gasteiger partial charge is 0.183 e. The summed E-state index contributed by atoms with van der Waals surface area (Å²) >= 11 is 0. The van der Waals surface area contributed by atoms with E-state index in [0.29, 0.717) is 11.4 Å². The lowest BCUT2D eigenvalue weighted by Gasteiger charge is -2.19. The zero-order valence-electron chi connectivity index (χ0n) is 11.6. The van der Waals surface area contributed by atoms with Crippen molar-refractivity contribution < 1.29 is 8.42 Å². The molecule has 1 aliphatic rings. The van der Waals surface area contributed by atoms with Gasteiger partial charge in [0.1, 0.15) is 0 Å². The van der Waals surface area contributed by atoms with Crippen molar-refractivity contribution in [3.63, 3.8) is 0 Å². The molecule has 0 bridgehead atoms. The Balaban J connectivity index is 2.27. The van der Waals surface area contributed by atoms with Gasteiger partial charge in [-0.3, -0.25) is 4.99 Å². The molecular formula is C15H19NO2S. The lowest BCUT2D eigenvalue weighted by molar-refractivity contribution is 0.588. The van der Waals surface area contributed by atoms with Crippen molar-refractivity contribution >= 4 is 16.1 Å². The van der Waals surface area contributed by atoms with Crippen LogP contribution in [-0.2, 0) is 21.0 Å². The molecule has 3 nitrogen and oxygen atoms in total. The molecule has 19 heavy (non-hydrogen) atoms. The quantitative estimate of drug-likeness (QED) is 0.853. The van der Waals surface area contributed by atoms with E-state index in [0.717, 1.165) is 11.1 Å². The molecule has 1 heterocycles. The summed E-state index contributed by atoms with van der Waals surface area (Å²) in [7, 11) is -3.26. The van der Waals surface area contributed by atoms with E-state index in [1.807, 2.05) is 24.3 Å². The monoisotopic (exact) mass is 277 g/mol. The number of hydrogen-bond donors (Lipinski definition) is 0. The molecule has 2 rings (SSSR count). The summed E-state index contributed by atoms with van der Waals surface area (Å²) in [5.74, 6) is 0.0365. The third-order valence-corrected chi connectivity index (χ3v) is 4.83. The number of allylic oxidation sites excluding steroid dienone is 1. The van der Waals surface area contributed by atoms with Crippen LogP contribution in [0.25, 0.3) is 0 Å². The van der Waals surface area contributed by atoms with E-state index in [-0.39, 0.29) is 11.2 Å². The molecule has 0 N–H and O–H groups in total. The van der Waals surface area contributed by atoms with Crippen molar-refractivity contribution in [2.24, 2.45) is 4.99 Å². The van der Waals surface area contributed by atoms with Crippen LogP contribution in [0.2, 0.25) is 0 Å². The molecule has 1 aromatic rings.